The average molecular weight is 288 g/mol. The first kappa shape index (κ1) is 14.4. The van der Waals surface area contributed by atoms with Crippen molar-refractivity contribution in [2.75, 3.05) is 0 Å². The van der Waals surface area contributed by atoms with E-state index >= 15 is 0 Å². The first-order valence-corrected chi connectivity index (χ1v) is 7.55. The minimum atomic E-state index is -0.237. The van der Waals surface area contributed by atoms with Crippen molar-refractivity contribution in [2.24, 2.45) is 0 Å². The lowest BCUT2D eigenvalue weighted by Gasteiger charge is -2.04. The van der Waals surface area contributed by atoms with Crippen LogP contribution in [0, 0.1) is 17.7 Å². The Hall–Kier alpha value is -2.59. The van der Waals surface area contributed by atoms with Crippen LogP contribution in [0.5, 0.6) is 0 Å². The summed E-state index contributed by atoms with van der Waals surface area (Å²) in [5.41, 5.74) is 3.18. The van der Waals surface area contributed by atoms with Crippen LogP contribution < -0.4 is 0 Å². The maximum Gasteiger partial charge on any atom is 0.123 e. The molecule has 0 atom stereocenters. The molecule has 3 aromatic carbocycles. The Labute approximate surface area is 130 Å². The Morgan fingerprint density at radius 3 is 2.50 bits per heavy atom. The molecule has 3 rings (SSSR count). The summed E-state index contributed by atoms with van der Waals surface area (Å²) in [5.74, 6) is 6.07. The van der Waals surface area contributed by atoms with Crippen LogP contribution in [0.2, 0.25) is 0 Å². The molecule has 0 fully saturated rings. The first-order chi connectivity index (χ1) is 10.8. The van der Waals surface area contributed by atoms with Crippen LogP contribution in [0.4, 0.5) is 4.39 Å². The quantitative estimate of drug-likeness (QED) is 0.559. The second-order valence-electron chi connectivity index (χ2n) is 5.37. The predicted octanol–water partition coefficient (Wildman–Crippen LogP) is 5.33. The maximum absolute atomic E-state index is 12.9. The van der Waals surface area contributed by atoms with Crippen LogP contribution in [-0.4, -0.2) is 0 Å². The van der Waals surface area contributed by atoms with Gasteiger partial charge in [0.2, 0.25) is 0 Å². The Kier molecular flexibility index (Phi) is 4.21. The fraction of sp³-hybridized carbons (Fsp3) is 0.143. The lowest BCUT2D eigenvalue weighted by atomic mass is 10.0. The molecule has 1 heteroatoms. The van der Waals surface area contributed by atoms with Crippen LogP contribution in [0.3, 0.4) is 0 Å². The van der Waals surface area contributed by atoms with Gasteiger partial charge in [0.05, 0.1) is 0 Å². The highest BCUT2D eigenvalue weighted by molar-refractivity contribution is 5.88. The molecule has 0 spiro atoms. The van der Waals surface area contributed by atoms with Gasteiger partial charge in [-0.1, -0.05) is 55.5 Å². The molecular weight excluding hydrogens is 271 g/mol. The first-order valence-electron chi connectivity index (χ1n) is 7.55. The largest absolute Gasteiger partial charge is 0.207 e. The molecule has 0 heterocycles. The lowest BCUT2D eigenvalue weighted by molar-refractivity contribution is 0.627. The van der Waals surface area contributed by atoms with E-state index < -0.39 is 0 Å². The van der Waals surface area contributed by atoms with Crippen LogP contribution in [0.1, 0.15) is 30.0 Å². The second kappa shape index (κ2) is 6.45. The van der Waals surface area contributed by atoms with E-state index in [1.165, 1.54) is 23.1 Å². The summed E-state index contributed by atoms with van der Waals surface area (Å²) < 4.78 is 12.9. The molecule has 3 aromatic rings. The molecule has 0 bridgehead atoms. The minimum Gasteiger partial charge on any atom is -0.207 e. The fourth-order valence-corrected chi connectivity index (χ4v) is 2.56. The third kappa shape index (κ3) is 3.18. The molecule has 0 aliphatic heterocycles. The summed E-state index contributed by atoms with van der Waals surface area (Å²) in [4.78, 5) is 0. The van der Waals surface area contributed by atoms with Gasteiger partial charge in [0, 0.05) is 11.1 Å². The molecule has 0 aromatic heterocycles. The number of aryl methyl sites for hydroxylation is 1. The summed E-state index contributed by atoms with van der Waals surface area (Å²) in [5, 5.41) is 2.38. The normalized spacial score (nSPS) is 10.3. The number of rotatable bonds is 2. The highest BCUT2D eigenvalue weighted by atomic mass is 19.1. The topological polar surface area (TPSA) is 0 Å². The highest BCUT2D eigenvalue weighted by Gasteiger charge is 2.00. The van der Waals surface area contributed by atoms with Crippen molar-refractivity contribution < 1.29 is 4.39 Å². The monoisotopic (exact) mass is 288 g/mol. The van der Waals surface area contributed by atoms with E-state index in [9.17, 15) is 4.39 Å². The van der Waals surface area contributed by atoms with Gasteiger partial charge in [0.15, 0.2) is 0 Å². The third-order valence-corrected chi connectivity index (χ3v) is 3.67. The highest BCUT2D eigenvalue weighted by Crippen LogP contribution is 2.20. The number of fused-ring (bicyclic) bond motifs is 1. The van der Waals surface area contributed by atoms with Crippen molar-refractivity contribution in [3.05, 3.63) is 83.2 Å². The van der Waals surface area contributed by atoms with Gasteiger partial charge in [-0.15, -0.1) is 0 Å². The smallest absolute Gasteiger partial charge is 0.123 e. The standard InChI is InChI=1S/C21H17F/c1-2-4-17-10-14-21-18(5-3-6-19(21)15-17)11-7-16-8-12-20(22)13-9-16/h3,5-6,8-10,12-15H,2,4H2,1H3. The van der Waals surface area contributed by atoms with Gasteiger partial charge in [-0.05, 0) is 53.1 Å². The molecule has 0 unspecified atom stereocenters. The summed E-state index contributed by atoms with van der Waals surface area (Å²) in [7, 11) is 0. The predicted molar refractivity (Wildman–Crippen MR) is 90.3 cm³/mol. The zero-order valence-electron chi connectivity index (χ0n) is 12.6. The number of halogens is 1. The summed E-state index contributed by atoms with van der Waals surface area (Å²) in [6, 6.07) is 19.0. The SMILES string of the molecule is CCCc1ccc2c(C#Cc3ccc(F)cc3)cccc2c1. The van der Waals surface area contributed by atoms with Gasteiger partial charge < -0.3 is 0 Å². The van der Waals surface area contributed by atoms with Gasteiger partial charge in [-0.2, -0.15) is 0 Å². The van der Waals surface area contributed by atoms with E-state index in [0.29, 0.717) is 0 Å². The van der Waals surface area contributed by atoms with Gasteiger partial charge in [0.1, 0.15) is 5.82 Å². The number of hydrogen-bond acceptors (Lipinski definition) is 0. The van der Waals surface area contributed by atoms with Gasteiger partial charge in [0.25, 0.3) is 0 Å². The second-order valence-corrected chi connectivity index (χ2v) is 5.37. The van der Waals surface area contributed by atoms with E-state index in [1.807, 2.05) is 12.1 Å². The summed E-state index contributed by atoms with van der Waals surface area (Å²) in [6.07, 6.45) is 2.25. The van der Waals surface area contributed by atoms with Crippen molar-refractivity contribution in [3.8, 4) is 11.8 Å². The molecule has 0 amide bonds. The Balaban J connectivity index is 1.99. The van der Waals surface area contributed by atoms with Crippen molar-refractivity contribution in [2.45, 2.75) is 19.8 Å². The van der Waals surface area contributed by atoms with Crippen LogP contribution in [-0.2, 0) is 6.42 Å². The summed E-state index contributed by atoms with van der Waals surface area (Å²) in [6.45, 7) is 2.19. The average Bonchev–Trinajstić information content (AvgIpc) is 2.54. The molecule has 22 heavy (non-hydrogen) atoms. The Bertz CT molecular complexity index is 848. The Morgan fingerprint density at radius 2 is 1.73 bits per heavy atom. The number of hydrogen-bond donors (Lipinski definition) is 0. The molecule has 0 saturated heterocycles. The molecule has 0 N–H and O–H groups in total. The molecule has 108 valence electrons. The van der Waals surface area contributed by atoms with E-state index in [4.69, 9.17) is 0 Å². The van der Waals surface area contributed by atoms with Crippen molar-refractivity contribution >= 4 is 10.8 Å². The molecule has 0 aliphatic rings. The fourth-order valence-electron chi connectivity index (χ4n) is 2.56. The van der Waals surface area contributed by atoms with Crippen molar-refractivity contribution in [1.29, 1.82) is 0 Å². The van der Waals surface area contributed by atoms with E-state index in [0.717, 1.165) is 29.4 Å². The summed E-state index contributed by atoms with van der Waals surface area (Å²) >= 11 is 0. The van der Waals surface area contributed by atoms with Crippen LogP contribution in [0.15, 0.2) is 60.7 Å². The number of benzene rings is 3. The van der Waals surface area contributed by atoms with Crippen LogP contribution in [0.25, 0.3) is 10.8 Å². The van der Waals surface area contributed by atoms with Crippen molar-refractivity contribution in [1.82, 2.24) is 0 Å². The minimum absolute atomic E-state index is 0.237. The third-order valence-electron chi connectivity index (χ3n) is 3.67. The van der Waals surface area contributed by atoms with Gasteiger partial charge in [-0.3, -0.25) is 0 Å². The Morgan fingerprint density at radius 1 is 0.909 bits per heavy atom. The van der Waals surface area contributed by atoms with Gasteiger partial charge in [-0.25, -0.2) is 4.39 Å². The lowest BCUT2D eigenvalue weighted by Crippen LogP contribution is -1.85. The molecule has 0 nitrogen and oxygen atoms in total. The van der Waals surface area contributed by atoms with E-state index in [2.05, 4.69) is 43.0 Å². The van der Waals surface area contributed by atoms with E-state index in [1.54, 1.807) is 12.1 Å². The van der Waals surface area contributed by atoms with Crippen molar-refractivity contribution in [3.63, 3.8) is 0 Å². The van der Waals surface area contributed by atoms with Crippen LogP contribution >= 0.6 is 0 Å². The molecule has 0 saturated carbocycles. The van der Waals surface area contributed by atoms with Gasteiger partial charge >= 0.3 is 0 Å². The molecule has 0 aliphatic carbocycles. The zero-order chi connectivity index (χ0) is 15.4. The zero-order valence-corrected chi connectivity index (χ0v) is 12.6. The molecule has 0 radical (unpaired) electrons. The maximum atomic E-state index is 12.9. The molecular formula is C21H17F. The van der Waals surface area contributed by atoms with E-state index in [-0.39, 0.29) is 5.82 Å².